The smallest absolute Gasteiger partial charge is 0.238 e. The standard InChI is InChI=1S/C52H35N5O/c1-3-17-38-40-30-31-41-39-24-14-15-26-44(39)56(36-22-12-7-13-23-36)48(41)49(40)57(43(38)4-2)52-54-50(34-20-10-6-11-21-34)53-51(55-52)35-28-29-42-46(32-35)58-45-27-16-25-37(47(42)45)33-18-8-5-9-19-33/h3-32H,2H2,1H3/b17-3-. The molecule has 0 fully saturated rings. The van der Waals surface area contributed by atoms with E-state index < -0.39 is 0 Å². The van der Waals surface area contributed by atoms with Crippen molar-refractivity contribution >= 4 is 66.8 Å². The van der Waals surface area contributed by atoms with E-state index in [1.165, 1.54) is 5.39 Å². The summed E-state index contributed by atoms with van der Waals surface area (Å²) in [5.74, 6) is 1.60. The number of para-hydroxylation sites is 2. The summed E-state index contributed by atoms with van der Waals surface area (Å²) < 4.78 is 11.1. The molecule has 0 atom stereocenters. The van der Waals surface area contributed by atoms with Gasteiger partial charge in [0.1, 0.15) is 11.2 Å². The van der Waals surface area contributed by atoms with Crippen LogP contribution in [-0.2, 0) is 0 Å². The molecular formula is C52H35N5O. The molecule has 0 aliphatic heterocycles. The summed E-state index contributed by atoms with van der Waals surface area (Å²) in [6.45, 7) is 6.40. The molecule has 0 spiro atoms. The normalized spacial score (nSPS) is 11.9. The summed E-state index contributed by atoms with van der Waals surface area (Å²) in [4.78, 5) is 15.8. The third kappa shape index (κ3) is 5.16. The first-order valence-electron chi connectivity index (χ1n) is 19.4. The molecule has 0 unspecified atom stereocenters. The van der Waals surface area contributed by atoms with Gasteiger partial charge in [0, 0.05) is 49.3 Å². The van der Waals surface area contributed by atoms with Gasteiger partial charge in [0.05, 0.1) is 22.2 Å². The summed E-state index contributed by atoms with van der Waals surface area (Å²) in [6, 6.07) is 56.6. The van der Waals surface area contributed by atoms with E-state index in [-0.39, 0.29) is 0 Å². The van der Waals surface area contributed by atoms with Crippen molar-refractivity contribution in [2.75, 3.05) is 0 Å². The third-order valence-electron chi connectivity index (χ3n) is 11.1. The van der Waals surface area contributed by atoms with Crippen LogP contribution in [0.4, 0.5) is 0 Å². The molecule has 0 aliphatic carbocycles. The highest BCUT2D eigenvalue weighted by atomic mass is 16.3. The Balaban J connectivity index is 1.22. The third-order valence-corrected chi connectivity index (χ3v) is 11.1. The number of furan rings is 1. The number of aromatic nitrogens is 5. The molecule has 6 nitrogen and oxygen atoms in total. The fourth-order valence-electron chi connectivity index (χ4n) is 8.59. The fraction of sp³-hybridized carbons (Fsp3) is 0.0192. The van der Waals surface area contributed by atoms with Crippen molar-refractivity contribution in [1.82, 2.24) is 24.1 Å². The summed E-state index contributed by atoms with van der Waals surface area (Å²) in [6.07, 6.45) is 6.13. The lowest BCUT2D eigenvalue weighted by Crippen LogP contribution is -2.08. The molecule has 0 amide bonds. The minimum absolute atomic E-state index is 0.493. The minimum Gasteiger partial charge on any atom is -0.456 e. The van der Waals surface area contributed by atoms with Crippen LogP contribution in [0.3, 0.4) is 0 Å². The topological polar surface area (TPSA) is 61.7 Å². The van der Waals surface area contributed by atoms with Crippen molar-refractivity contribution in [2.45, 2.75) is 6.92 Å². The Morgan fingerprint density at radius 3 is 1.95 bits per heavy atom. The van der Waals surface area contributed by atoms with Gasteiger partial charge in [-0.25, -0.2) is 4.98 Å². The molecule has 0 saturated carbocycles. The second kappa shape index (κ2) is 13.4. The van der Waals surface area contributed by atoms with Gasteiger partial charge in [0.2, 0.25) is 5.95 Å². The first-order chi connectivity index (χ1) is 28.7. The molecule has 0 aliphatic rings. The Bertz CT molecular complexity index is 3410. The molecule has 11 rings (SSSR count). The van der Waals surface area contributed by atoms with Gasteiger partial charge in [0.15, 0.2) is 11.6 Å². The number of rotatable bonds is 7. The van der Waals surface area contributed by atoms with Crippen molar-refractivity contribution in [3.63, 3.8) is 0 Å². The molecule has 58 heavy (non-hydrogen) atoms. The zero-order valence-corrected chi connectivity index (χ0v) is 31.7. The summed E-state index contributed by atoms with van der Waals surface area (Å²) in [7, 11) is 0. The highest BCUT2D eigenvalue weighted by Crippen LogP contribution is 2.42. The van der Waals surface area contributed by atoms with Crippen molar-refractivity contribution in [2.24, 2.45) is 0 Å². The Morgan fingerprint density at radius 2 is 1.19 bits per heavy atom. The second-order valence-corrected chi connectivity index (χ2v) is 14.4. The van der Waals surface area contributed by atoms with Crippen LogP contribution in [0.5, 0.6) is 0 Å². The average Bonchev–Trinajstić information content (AvgIpc) is 3.94. The molecule has 7 aromatic carbocycles. The SMILES string of the molecule is C=Cc1c(/C=C\C)c2ccc3c4ccccc4n(-c4ccccc4)c3c2n1-c1nc(-c2ccccc2)nc(-c2ccc3c(c2)oc2cccc(-c4ccccc4)c23)n1. The molecule has 4 heterocycles. The molecule has 0 N–H and O–H groups in total. The molecule has 11 aromatic rings. The summed E-state index contributed by atoms with van der Waals surface area (Å²) >= 11 is 0. The maximum atomic E-state index is 6.56. The van der Waals surface area contributed by atoms with Crippen molar-refractivity contribution in [1.29, 1.82) is 0 Å². The predicted octanol–water partition coefficient (Wildman–Crippen LogP) is 13.5. The van der Waals surface area contributed by atoms with E-state index in [9.17, 15) is 0 Å². The van der Waals surface area contributed by atoms with Crippen molar-refractivity contribution < 1.29 is 4.42 Å². The van der Waals surface area contributed by atoms with Crippen molar-refractivity contribution in [3.8, 4) is 45.5 Å². The van der Waals surface area contributed by atoms with Gasteiger partial charge >= 0.3 is 0 Å². The minimum atomic E-state index is 0.493. The lowest BCUT2D eigenvalue weighted by atomic mass is 9.99. The van der Waals surface area contributed by atoms with E-state index in [0.717, 1.165) is 88.5 Å². The predicted molar refractivity (Wildman–Crippen MR) is 239 cm³/mol. The number of hydrogen-bond donors (Lipinski definition) is 0. The zero-order chi connectivity index (χ0) is 38.7. The first kappa shape index (κ1) is 33.5. The zero-order valence-electron chi connectivity index (χ0n) is 31.7. The average molecular weight is 746 g/mol. The maximum Gasteiger partial charge on any atom is 0.238 e. The summed E-state index contributed by atoms with van der Waals surface area (Å²) in [5.41, 5.74) is 11.7. The van der Waals surface area contributed by atoms with Crippen LogP contribution >= 0.6 is 0 Å². The number of nitrogens with zero attached hydrogens (tertiary/aromatic N) is 5. The highest BCUT2D eigenvalue weighted by Gasteiger charge is 2.25. The second-order valence-electron chi connectivity index (χ2n) is 14.4. The van der Waals surface area contributed by atoms with E-state index >= 15 is 0 Å². The number of hydrogen-bond acceptors (Lipinski definition) is 4. The summed E-state index contributed by atoms with van der Waals surface area (Å²) in [5, 5.41) is 5.49. The van der Waals surface area contributed by atoms with Gasteiger partial charge in [-0.2, -0.15) is 9.97 Å². The van der Waals surface area contributed by atoms with Crippen LogP contribution in [0.15, 0.2) is 181 Å². The monoisotopic (exact) mass is 745 g/mol. The Labute approximate surface area is 334 Å². The largest absolute Gasteiger partial charge is 0.456 e. The van der Waals surface area contributed by atoms with Crippen molar-refractivity contribution in [3.05, 3.63) is 188 Å². The Morgan fingerprint density at radius 1 is 0.534 bits per heavy atom. The van der Waals surface area contributed by atoms with E-state index in [4.69, 9.17) is 19.4 Å². The van der Waals surface area contributed by atoms with Crippen LogP contribution in [0.25, 0.3) is 112 Å². The number of allylic oxidation sites excluding steroid dienone is 1. The van der Waals surface area contributed by atoms with E-state index in [2.05, 4.69) is 143 Å². The lowest BCUT2D eigenvalue weighted by Gasteiger charge is -2.14. The van der Waals surface area contributed by atoms with Gasteiger partial charge in [-0.05, 0) is 60.5 Å². The van der Waals surface area contributed by atoms with Crippen LogP contribution in [0.1, 0.15) is 18.2 Å². The molecular weight excluding hydrogens is 711 g/mol. The number of benzene rings is 7. The van der Waals surface area contributed by atoms with E-state index in [1.54, 1.807) is 0 Å². The molecule has 0 bridgehead atoms. The van der Waals surface area contributed by atoms with Gasteiger partial charge < -0.3 is 8.98 Å². The molecule has 4 aromatic heterocycles. The van der Waals surface area contributed by atoms with E-state index in [0.29, 0.717) is 17.6 Å². The fourth-order valence-corrected chi connectivity index (χ4v) is 8.59. The molecule has 0 radical (unpaired) electrons. The maximum absolute atomic E-state index is 6.56. The van der Waals surface area contributed by atoms with Crippen LogP contribution in [0.2, 0.25) is 0 Å². The van der Waals surface area contributed by atoms with Gasteiger partial charge in [-0.15, -0.1) is 0 Å². The highest BCUT2D eigenvalue weighted by molar-refractivity contribution is 6.20. The lowest BCUT2D eigenvalue weighted by molar-refractivity contribution is 0.669. The Kier molecular flexibility index (Phi) is 7.76. The molecule has 274 valence electrons. The van der Waals surface area contributed by atoms with E-state index in [1.807, 2.05) is 61.5 Å². The van der Waals surface area contributed by atoms with Crippen LogP contribution < -0.4 is 0 Å². The first-order valence-corrected chi connectivity index (χ1v) is 19.4. The number of fused-ring (bicyclic) bond motifs is 8. The van der Waals surface area contributed by atoms with Gasteiger partial charge in [-0.3, -0.25) is 4.57 Å². The quantitative estimate of drug-likeness (QED) is 0.163. The van der Waals surface area contributed by atoms with Gasteiger partial charge in [-0.1, -0.05) is 146 Å². The van der Waals surface area contributed by atoms with Crippen LogP contribution in [-0.4, -0.2) is 24.1 Å². The van der Waals surface area contributed by atoms with Gasteiger partial charge in [0.25, 0.3) is 0 Å². The molecule has 6 heteroatoms. The van der Waals surface area contributed by atoms with Crippen LogP contribution in [0, 0.1) is 0 Å². The Hall–Kier alpha value is -7.83. The molecule has 0 saturated heterocycles.